The SMILES string of the molecule is CCS(=O)(=O)Oc1ccc(CN(CCOC)C(C)=O)cc1. The summed E-state index contributed by atoms with van der Waals surface area (Å²) in [6.07, 6.45) is 0. The lowest BCUT2D eigenvalue weighted by Gasteiger charge is -2.20. The quantitative estimate of drug-likeness (QED) is 0.678. The molecule has 118 valence electrons. The topological polar surface area (TPSA) is 72.9 Å². The van der Waals surface area contributed by atoms with Gasteiger partial charge in [-0.05, 0) is 24.6 Å². The van der Waals surface area contributed by atoms with E-state index in [-0.39, 0.29) is 17.4 Å². The minimum atomic E-state index is -3.51. The summed E-state index contributed by atoms with van der Waals surface area (Å²) in [7, 11) is -1.93. The Kier molecular flexibility index (Phi) is 6.64. The summed E-state index contributed by atoms with van der Waals surface area (Å²) in [5.41, 5.74) is 0.891. The van der Waals surface area contributed by atoms with Crippen molar-refractivity contribution in [3.8, 4) is 5.75 Å². The van der Waals surface area contributed by atoms with E-state index in [1.54, 1.807) is 36.3 Å². The van der Waals surface area contributed by atoms with Crippen LogP contribution in [0.5, 0.6) is 5.75 Å². The Hall–Kier alpha value is -1.60. The molecular weight excluding hydrogens is 294 g/mol. The van der Waals surface area contributed by atoms with E-state index in [2.05, 4.69) is 0 Å². The first kappa shape index (κ1) is 17.5. The number of carbonyl (C=O) groups is 1. The van der Waals surface area contributed by atoms with Gasteiger partial charge in [-0.15, -0.1) is 0 Å². The Morgan fingerprint density at radius 3 is 2.33 bits per heavy atom. The van der Waals surface area contributed by atoms with E-state index in [1.807, 2.05) is 0 Å². The summed E-state index contributed by atoms with van der Waals surface area (Å²) in [6.45, 7) is 4.44. The molecule has 7 heteroatoms. The van der Waals surface area contributed by atoms with Gasteiger partial charge in [-0.1, -0.05) is 12.1 Å². The molecule has 0 saturated carbocycles. The van der Waals surface area contributed by atoms with Gasteiger partial charge in [0, 0.05) is 27.1 Å². The van der Waals surface area contributed by atoms with Crippen LogP contribution in [0.3, 0.4) is 0 Å². The number of rotatable bonds is 8. The molecule has 1 aromatic carbocycles. The van der Waals surface area contributed by atoms with Gasteiger partial charge in [-0.2, -0.15) is 8.42 Å². The van der Waals surface area contributed by atoms with Gasteiger partial charge in [-0.3, -0.25) is 4.79 Å². The molecule has 1 rings (SSSR count). The van der Waals surface area contributed by atoms with Crippen LogP contribution in [0.25, 0.3) is 0 Å². The first-order valence-electron chi connectivity index (χ1n) is 6.63. The van der Waals surface area contributed by atoms with E-state index in [9.17, 15) is 13.2 Å². The fourth-order valence-electron chi connectivity index (χ4n) is 1.63. The second-order valence-electron chi connectivity index (χ2n) is 4.51. The second kappa shape index (κ2) is 7.99. The second-order valence-corrected chi connectivity index (χ2v) is 6.37. The van der Waals surface area contributed by atoms with Crippen LogP contribution in [0.4, 0.5) is 0 Å². The Morgan fingerprint density at radius 1 is 1.24 bits per heavy atom. The zero-order chi connectivity index (χ0) is 15.9. The predicted octanol–water partition coefficient (Wildman–Crippen LogP) is 1.41. The maximum atomic E-state index is 11.5. The molecule has 0 aliphatic heterocycles. The maximum absolute atomic E-state index is 11.5. The molecule has 0 aromatic heterocycles. The van der Waals surface area contributed by atoms with Gasteiger partial charge in [0.25, 0.3) is 0 Å². The third-order valence-corrected chi connectivity index (χ3v) is 4.04. The molecule has 6 nitrogen and oxygen atoms in total. The first-order chi connectivity index (χ1) is 9.88. The van der Waals surface area contributed by atoms with Crippen LogP contribution in [0.15, 0.2) is 24.3 Å². The van der Waals surface area contributed by atoms with Crippen LogP contribution < -0.4 is 4.18 Å². The summed E-state index contributed by atoms with van der Waals surface area (Å²) in [5.74, 6) is 0.150. The number of carbonyl (C=O) groups excluding carboxylic acids is 1. The Balaban J connectivity index is 2.71. The summed E-state index contributed by atoms with van der Waals surface area (Å²) in [4.78, 5) is 13.2. The largest absolute Gasteiger partial charge is 0.383 e. The first-order valence-corrected chi connectivity index (χ1v) is 8.21. The summed E-state index contributed by atoms with van der Waals surface area (Å²) in [5, 5.41) is 0. The lowest BCUT2D eigenvalue weighted by molar-refractivity contribution is -0.130. The number of hydrogen-bond donors (Lipinski definition) is 0. The molecule has 1 amide bonds. The average Bonchev–Trinajstić information content (AvgIpc) is 2.44. The molecule has 0 atom stereocenters. The van der Waals surface area contributed by atoms with Crippen molar-refractivity contribution in [2.45, 2.75) is 20.4 Å². The normalized spacial score (nSPS) is 11.2. The van der Waals surface area contributed by atoms with Crippen LogP contribution in [-0.2, 0) is 26.2 Å². The molecule has 0 unspecified atom stereocenters. The minimum absolute atomic E-state index is 0.0408. The van der Waals surface area contributed by atoms with Crippen molar-refractivity contribution in [3.63, 3.8) is 0 Å². The highest BCUT2D eigenvalue weighted by Crippen LogP contribution is 2.16. The minimum Gasteiger partial charge on any atom is -0.383 e. The number of hydrogen-bond acceptors (Lipinski definition) is 5. The molecule has 0 saturated heterocycles. The van der Waals surface area contributed by atoms with Gasteiger partial charge in [0.15, 0.2) is 0 Å². The lowest BCUT2D eigenvalue weighted by atomic mass is 10.2. The van der Waals surface area contributed by atoms with Crippen molar-refractivity contribution in [2.24, 2.45) is 0 Å². The van der Waals surface area contributed by atoms with Gasteiger partial charge in [0.2, 0.25) is 5.91 Å². The molecule has 0 aliphatic carbocycles. The third-order valence-electron chi connectivity index (χ3n) is 2.88. The highest BCUT2D eigenvalue weighted by atomic mass is 32.2. The molecule has 0 radical (unpaired) electrons. The molecule has 1 aromatic rings. The summed E-state index contributed by atoms with van der Waals surface area (Å²) < 4.78 is 32.6. The molecule has 0 fully saturated rings. The van der Waals surface area contributed by atoms with Crippen molar-refractivity contribution in [2.75, 3.05) is 26.0 Å². The summed E-state index contributed by atoms with van der Waals surface area (Å²) in [6, 6.07) is 6.64. The van der Waals surface area contributed by atoms with Crippen molar-refractivity contribution in [1.29, 1.82) is 0 Å². The Morgan fingerprint density at radius 2 is 1.86 bits per heavy atom. The van der Waals surface area contributed by atoms with Gasteiger partial charge >= 0.3 is 10.1 Å². The Bertz CT molecular complexity index is 553. The maximum Gasteiger partial charge on any atom is 0.308 e. The van der Waals surface area contributed by atoms with E-state index in [4.69, 9.17) is 8.92 Å². The highest BCUT2D eigenvalue weighted by Gasteiger charge is 2.11. The predicted molar refractivity (Wildman–Crippen MR) is 79.5 cm³/mol. The molecule has 0 bridgehead atoms. The average molecular weight is 315 g/mol. The van der Waals surface area contributed by atoms with Crippen LogP contribution in [-0.4, -0.2) is 45.2 Å². The van der Waals surface area contributed by atoms with Crippen molar-refractivity contribution in [3.05, 3.63) is 29.8 Å². The highest BCUT2D eigenvalue weighted by molar-refractivity contribution is 7.87. The van der Waals surface area contributed by atoms with Gasteiger partial charge in [0.1, 0.15) is 5.75 Å². The summed E-state index contributed by atoms with van der Waals surface area (Å²) >= 11 is 0. The van der Waals surface area contributed by atoms with Gasteiger partial charge in [-0.25, -0.2) is 0 Å². The van der Waals surface area contributed by atoms with Crippen molar-refractivity contribution >= 4 is 16.0 Å². The van der Waals surface area contributed by atoms with E-state index in [0.29, 0.717) is 19.7 Å². The smallest absolute Gasteiger partial charge is 0.308 e. The van der Waals surface area contributed by atoms with E-state index >= 15 is 0 Å². The number of amides is 1. The molecular formula is C14H21NO5S. The van der Waals surface area contributed by atoms with Crippen LogP contribution >= 0.6 is 0 Å². The monoisotopic (exact) mass is 315 g/mol. The molecule has 0 N–H and O–H groups in total. The molecule has 0 heterocycles. The van der Waals surface area contributed by atoms with E-state index in [0.717, 1.165) is 5.56 Å². The number of nitrogens with zero attached hydrogens (tertiary/aromatic N) is 1. The number of benzene rings is 1. The van der Waals surface area contributed by atoms with E-state index in [1.165, 1.54) is 13.8 Å². The van der Waals surface area contributed by atoms with E-state index < -0.39 is 10.1 Å². The van der Waals surface area contributed by atoms with Crippen LogP contribution in [0.1, 0.15) is 19.4 Å². The third kappa shape index (κ3) is 6.14. The lowest BCUT2D eigenvalue weighted by Crippen LogP contribution is -2.31. The number of methoxy groups -OCH3 is 1. The standard InChI is InChI=1S/C14H21NO5S/c1-4-21(17,18)20-14-7-5-13(6-8-14)11-15(12(2)16)9-10-19-3/h5-8H,4,9-11H2,1-3H3. The Labute approximate surface area is 125 Å². The van der Waals surface area contributed by atoms with Crippen LogP contribution in [0, 0.1) is 0 Å². The van der Waals surface area contributed by atoms with Gasteiger partial charge in [0.05, 0.1) is 12.4 Å². The molecule has 0 spiro atoms. The number of ether oxygens (including phenoxy) is 1. The zero-order valence-electron chi connectivity index (χ0n) is 12.5. The fraction of sp³-hybridized carbons (Fsp3) is 0.500. The molecule has 21 heavy (non-hydrogen) atoms. The van der Waals surface area contributed by atoms with Crippen molar-refractivity contribution in [1.82, 2.24) is 4.90 Å². The van der Waals surface area contributed by atoms with Gasteiger partial charge < -0.3 is 13.8 Å². The zero-order valence-corrected chi connectivity index (χ0v) is 13.4. The van der Waals surface area contributed by atoms with Crippen LogP contribution in [0.2, 0.25) is 0 Å². The molecule has 0 aliphatic rings. The van der Waals surface area contributed by atoms with Crippen molar-refractivity contribution < 1.29 is 22.1 Å². The fourth-order valence-corrected chi connectivity index (χ4v) is 2.15.